The van der Waals surface area contributed by atoms with Gasteiger partial charge in [-0.3, -0.25) is 4.79 Å². The number of fused-ring (bicyclic) bond motifs is 3. The maximum atomic E-state index is 14.4. The maximum absolute atomic E-state index is 14.4. The third-order valence-electron chi connectivity index (χ3n) is 4.40. The first-order valence-electron chi connectivity index (χ1n) is 7.83. The van der Waals surface area contributed by atoms with Crippen molar-refractivity contribution in [2.45, 2.75) is 6.54 Å². The highest BCUT2D eigenvalue weighted by molar-refractivity contribution is 6.36. The van der Waals surface area contributed by atoms with E-state index in [0.29, 0.717) is 32.4 Å². The first kappa shape index (κ1) is 16.9. The van der Waals surface area contributed by atoms with Crippen molar-refractivity contribution in [3.8, 4) is 0 Å². The molecule has 2 N–H and O–H groups in total. The van der Waals surface area contributed by atoms with Gasteiger partial charge < -0.3 is 10.3 Å². The van der Waals surface area contributed by atoms with Crippen molar-refractivity contribution in [1.82, 2.24) is 4.57 Å². The molecule has 1 radical (unpaired) electrons. The Morgan fingerprint density at radius 2 is 1.88 bits per heavy atom. The van der Waals surface area contributed by atoms with E-state index in [2.05, 4.69) is 6.07 Å². The highest BCUT2D eigenvalue weighted by atomic mass is 35.5. The Morgan fingerprint density at radius 3 is 2.65 bits per heavy atom. The number of hydrogen-bond donors (Lipinski definition) is 1. The highest BCUT2D eigenvalue weighted by Crippen LogP contribution is 2.36. The van der Waals surface area contributed by atoms with Crippen LogP contribution in [0.5, 0.6) is 0 Å². The zero-order valence-corrected chi connectivity index (χ0v) is 14.9. The lowest BCUT2D eigenvalue weighted by Crippen LogP contribution is -2.11. The quantitative estimate of drug-likeness (QED) is 0.518. The normalized spacial score (nSPS) is 11.3. The van der Waals surface area contributed by atoms with E-state index >= 15 is 0 Å². The van der Waals surface area contributed by atoms with E-state index in [4.69, 9.17) is 28.9 Å². The van der Waals surface area contributed by atoms with E-state index < -0.39 is 11.7 Å². The topological polar surface area (TPSA) is 48.0 Å². The Bertz CT molecular complexity index is 1180. The summed E-state index contributed by atoms with van der Waals surface area (Å²) in [4.78, 5) is 11.9. The second kappa shape index (κ2) is 6.31. The van der Waals surface area contributed by atoms with Gasteiger partial charge in [-0.25, -0.2) is 4.39 Å². The van der Waals surface area contributed by atoms with Crippen molar-refractivity contribution in [3.63, 3.8) is 0 Å². The molecule has 4 rings (SSSR count). The maximum Gasteiger partial charge on any atom is 0.249 e. The molecule has 0 saturated carbocycles. The Hall–Kier alpha value is -2.56. The van der Waals surface area contributed by atoms with Gasteiger partial charge in [0.25, 0.3) is 0 Å². The standard InChI is InChI=1S/C20H12Cl2FN2O/c21-14-7-1-4-11(18(14)23)10-25-16-9-3-6-13(20(24)26)17(16)12-5-2-8-15(22)19(12)25/h1-4,6-9H,10H2,(H2,24,26). The van der Waals surface area contributed by atoms with Gasteiger partial charge in [-0.05, 0) is 30.3 Å². The summed E-state index contributed by atoms with van der Waals surface area (Å²) in [5.74, 6) is -1.02. The fourth-order valence-electron chi connectivity index (χ4n) is 3.28. The third kappa shape index (κ3) is 2.54. The van der Waals surface area contributed by atoms with Crippen molar-refractivity contribution in [2.24, 2.45) is 5.73 Å². The molecule has 0 aliphatic heterocycles. The summed E-state index contributed by atoms with van der Waals surface area (Å²) >= 11 is 12.3. The van der Waals surface area contributed by atoms with Crippen LogP contribution < -0.4 is 5.73 Å². The molecule has 0 atom stereocenters. The Morgan fingerprint density at radius 1 is 1.12 bits per heavy atom. The summed E-state index contributed by atoms with van der Waals surface area (Å²) in [5.41, 5.74) is 7.72. The third-order valence-corrected chi connectivity index (χ3v) is 5.00. The molecule has 26 heavy (non-hydrogen) atoms. The molecule has 3 nitrogen and oxygen atoms in total. The monoisotopic (exact) mass is 385 g/mol. The van der Waals surface area contributed by atoms with Crippen LogP contribution in [-0.2, 0) is 6.54 Å². The minimum Gasteiger partial charge on any atom is -0.366 e. The number of benzene rings is 3. The lowest BCUT2D eigenvalue weighted by Gasteiger charge is -2.10. The van der Waals surface area contributed by atoms with E-state index in [1.54, 1.807) is 36.4 Å². The predicted octanol–water partition coefficient (Wildman–Crippen LogP) is 5.19. The van der Waals surface area contributed by atoms with Crippen LogP contribution in [0.4, 0.5) is 4.39 Å². The summed E-state index contributed by atoms with van der Waals surface area (Å²) in [5, 5.41) is 1.86. The van der Waals surface area contributed by atoms with Crippen LogP contribution in [0, 0.1) is 11.9 Å². The number of carbonyl (C=O) groups excluding carboxylic acids is 1. The van der Waals surface area contributed by atoms with Crippen molar-refractivity contribution >= 4 is 50.9 Å². The van der Waals surface area contributed by atoms with Gasteiger partial charge in [0.1, 0.15) is 5.82 Å². The summed E-state index contributed by atoms with van der Waals surface area (Å²) in [6, 6.07) is 16.6. The molecule has 0 unspecified atom stereocenters. The number of nitrogens with zero attached hydrogens (tertiary/aromatic N) is 1. The van der Waals surface area contributed by atoms with Gasteiger partial charge in [0.15, 0.2) is 0 Å². The Labute approximate surface area is 158 Å². The average molecular weight is 386 g/mol. The molecule has 0 spiro atoms. The molecule has 129 valence electrons. The molecule has 0 aliphatic rings. The lowest BCUT2D eigenvalue weighted by atomic mass is 10.1. The second-order valence-electron chi connectivity index (χ2n) is 5.91. The van der Waals surface area contributed by atoms with Crippen LogP contribution in [-0.4, -0.2) is 10.5 Å². The van der Waals surface area contributed by atoms with Gasteiger partial charge in [0, 0.05) is 21.9 Å². The van der Waals surface area contributed by atoms with Gasteiger partial charge in [0.05, 0.1) is 27.6 Å². The van der Waals surface area contributed by atoms with Crippen molar-refractivity contribution in [2.75, 3.05) is 0 Å². The fraction of sp³-hybridized carbons (Fsp3) is 0.0500. The smallest absolute Gasteiger partial charge is 0.249 e. The summed E-state index contributed by atoms with van der Waals surface area (Å²) in [6.07, 6.45) is 0. The van der Waals surface area contributed by atoms with Crippen LogP contribution in [0.3, 0.4) is 0 Å². The highest BCUT2D eigenvalue weighted by Gasteiger charge is 2.19. The minimum absolute atomic E-state index is 0.0544. The van der Waals surface area contributed by atoms with Gasteiger partial charge in [-0.1, -0.05) is 47.5 Å². The molecule has 0 fully saturated rings. The summed E-state index contributed by atoms with van der Waals surface area (Å²) in [6.45, 7) is 0.201. The van der Waals surface area contributed by atoms with Crippen molar-refractivity contribution in [1.29, 1.82) is 0 Å². The average Bonchev–Trinajstić information content (AvgIpc) is 2.94. The predicted molar refractivity (Wildman–Crippen MR) is 102 cm³/mol. The number of amides is 1. The molecule has 0 saturated heterocycles. The molecule has 1 heterocycles. The number of aromatic nitrogens is 1. The fourth-order valence-corrected chi connectivity index (χ4v) is 3.73. The minimum atomic E-state index is -0.544. The van der Waals surface area contributed by atoms with E-state index in [1.807, 2.05) is 10.6 Å². The van der Waals surface area contributed by atoms with E-state index in [-0.39, 0.29) is 11.6 Å². The zero-order valence-electron chi connectivity index (χ0n) is 13.4. The molecule has 1 amide bonds. The van der Waals surface area contributed by atoms with Crippen molar-refractivity contribution in [3.05, 3.63) is 81.6 Å². The Kier molecular flexibility index (Phi) is 4.10. The molecule has 3 aromatic carbocycles. The van der Waals surface area contributed by atoms with Crippen LogP contribution in [0.2, 0.25) is 10.0 Å². The van der Waals surface area contributed by atoms with Gasteiger partial charge in [-0.2, -0.15) is 0 Å². The van der Waals surface area contributed by atoms with Gasteiger partial charge in [0.2, 0.25) is 5.91 Å². The van der Waals surface area contributed by atoms with Crippen LogP contribution in [0.1, 0.15) is 15.9 Å². The number of carbonyl (C=O) groups is 1. The van der Waals surface area contributed by atoms with Gasteiger partial charge >= 0.3 is 0 Å². The number of halogens is 3. The molecular formula is C20H12Cl2FN2O. The van der Waals surface area contributed by atoms with Crippen LogP contribution >= 0.6 is 23.2 Å². The number of primary amides is 1. The largest absolute Gasteiger partial charge is 0.366 e. The number of rotatable bonds is 3. The molecular weight excluding hydrogens is 374 g/mol. The lowest BCUT2D eigenvalue weighted by molar-refractivity contribution is 0.100. The first-order valence-corrected chi connectivity index (χ1v) is 8.58. The molecule has 0 bridgehead atoms. The second-order valence-corrected chi connectivity index (χ2v) is 6.73. The van der Waals surface area contributed by atoms with E-state index in [1.165, 1.54) is 6.07 Å². The van der Waals surface area contributed by atoms with Crippen molar-refractivity contribution < 1.29 is 9.18 Å². The van der Waals surface area contributed by atoms with E-state index in [9.17, 15) is 9.18 Å². The number of hydrogen-bond acceptors (Lipinski definition) is 1. The first-order chi connectivity index (χ1) is 12.5. The molecule has 1 aromatic heterocycles. The molecule has 0 aliphatic carbocycles. The SMILES string of the molecule is NC(=O)c1cccc2c1c1[c]ccc(Cl)c1n2Cc1cccc(Cl)c1F. The Balaban J connectivity index is 2.09. The van der Waals surface area contributed by atoms with E-state index in [0.717, 1.165) is 5.52 Å². The molecule has 6 heteroatoms. The number of nitrogens with two attached hydrogens (primary N) is 1. The van der Waals surface area contributed by atoms with Crippen LogP contribution in [0.15, 0.2) is 48.5 Å². The molecule has 4 aromatic rings. The zero-order chi connectivity index (χ0) is 18.4. The summed E-state index contributed by atoms with van der Waals surface area (Å²) in [7, 11) is 0. The van der Waals surface area contributed by atoms with Gasteiger partial charge in [-0.15, -0.1) is 0 Å². The summed E-state index contributed by atoms with van der Waals surface area (Å²) < 4.78 is 16.3. The van der Waals surface area contributed by atoms with Crippen LogP contribution in [0.25, 0.3) is 21.8 Å².